The molecule has 0 aliphatic carbocycles. The lowest BCUT2D eigenvalue weighted by Gasteiger charge is -1.97. The van der Waals surface area contributed by atoms with E-state index >= 15 is 0 Å². The standard InChI is InChI=1S/C6H14N2/c1-3-5-8-6(7)4-2/h5-6H,3-4,7H2,1-2H3. The molecule has 8 heavy (non-hydrogen) atoms. The van der Waals surface area contributed by atoms with E-state index in [1.54, 1.807) is 0 Å². The van der Waals surface area contributed by atoms with Crippen molar-refractivity contribution in [2.75, 3.05) is 0 Å². The molecule has 0 radical (unpaired) electrons. The van der Waals surface area contributed by atoms with Crippen LogP contribution < -0.4 is 5.73 Å². The maximum Gasteiger partial charge on any atom is 0.0962 e. The van der Waals surface area contributed by atoms with Gasteiger partial charge in [-0.15, -0.1) is 0 Å². The van der Waals surface area contributed by atoms with Gasteiger partial charge >= 0.3 is 0 Å². The van der Waals surface area contributed by atoms with Crippen molar-refractivity contribution in [2.24, 2.45) is 10.7 Å². The fourth-order valence-electron chi connectivity index (χ4n) is 0.346. The van der Waals surface area contributed by atoms with Crippen LogP contribution in [-0.4, -0.2) is 12.4 Å². The summed E-state index contributed by atoms with van der Waals surface area (Å²) in [4.78, 5) is 4.01. The number of hydrogen-bond acceptors (Lipinski definition) is 2. The highest BCUT2D eigenvalue weighted by atomic mass is 14.9. The topological polar surface area (TPSA) is 38.4 Å². The van der Waals surface area contributed by atoms with Crippen LogP contribution >= 0.6 is 0 Å². The molecule has 0 saturated carbocycles. The van der Waals surface area contributed by atoms with Crippen molar-refractivity contribution in [3.8, 4) is 0 Å². The summed E-state index contributed by atoms with van der Waals surface area (Å²) in [5.41, 5.74) is 5.46. The Kier molecular flexibility index (Phi) is 4.56. The summed E-state index contributed by atoms with van der Waals surface area (Å²) in [7, 11) is 0. The van der Waals surface area contributed by atoms with Crippen LogP contribution in [0.4, 0.5) is 0 Å². The summed E-state index contributed by atoms with van der Waals surface area (Å²) < 4.78 is 0. The van der Waals surface area contributed by atoms with Crippen LogP contribution in [0.1, 0.15) is 26.7 Å². The molecule has 0 heterocycles. The van der Waals surface area contributed by atoms with Crippen molar-refractivity contribution >= 4 is 6.21 Å². The number of aliphatic imine (C=N–C) groups is 1. The third-order valence-corrected chi connectivity index (χ3v) is 0.898. The van der Waals surface area contributed by atoms with Crippen molar-refractivity contribution in [3.63, 3.8) is 0 Å². The lowest BCUT2D eigenvalue weighted by atomic mass is 10.4. The number of nitrogens with zero attached hydrogens (tertiary/aromatic N) is 1. The molecule has 0 aromatic heterocycles. The Bertz CT molecular complexity index is 68.9. The summed E-state index contributed by atoms with van der Waals surface area (Å²) in [5, 5.41) is 0. The van der Waals surface area contributed by atoms with E-state index < -0.39 is 0 Å². The van der Waals surface area contributed by atoms with Crippen molar-refractivity contribution < 1.29 is 0 Å². The monoisotopic (exact) mass is 114 g/mol. The number of rotatable bonds is 3. The molecule has 1 atom stereocenters. The summed E-state index contributed by atoms with van der Waals surface area (Å²) >= 11 is 0. The van der Waals surface area contributed by atoms with Crippen molar-refractivity contribution in [1.82, 2.24) is 0 Å². The van der Waals surface area contributed by atoms with Gasteiger partial charge in [0.2, 0.25) is 0 Å². The van der Waals surface area contributed by atoms with E-state index in [0.29, 0.717) is 0 Å². The van der Waals surface area contributed by atoms with Gasteiger partial charge in [-0.05, 0) is 12.8 Å². The molecular weight excluding hydrogens is 100 g/mol. The van der Waals surface area contributed by atoms with Crippen LogP contribution in [0.25, 0.3) is 0 Å². The largest absolute Gasteiger partial charge is 0.310 e. The number of hydrogen-bond donors (Lipinski definition) is 1. The summed E-state index contributed by atoms with van der Waals surface area (Å²) in [5.74, 6) is 0. The lowest BCUT2D eigenvalue weighted by molar-refractivity contribution is 0.686. The van der Waals surface area contributed by atoms with E-state index in [1.807, 2.05) is 20.1 Å². The van der Waals surface area contributed by atoms with Crippen molar-refractivity contribution in [3.05, 3.63) is 0 Å². The molecule has 2 nitrogen and oxygen atoms in total. The minimum absolute atomic E-state index is 0.0231. The third kappa shape index (κ3) is 3.81. The lowest BCUT2D eigenvalue weighted by Crippen LogP contribution is -2.14. The molecule has 0 fully saturated rings. The molecule has 0 amide bonds. The normalized spacial score (nSPS) is 14.9. The van der Waals surface area contributed by atoms with Gasteiger partial charge in [0.05, 0.1) is 6.17 Å². The third-order valence-electron chi connectivity index (χ3n) is 0.898. The average Bonchev–Trinajstić information content (AvgIpc) is 1.83. The van der Waals surface area contributed by atoms with Crippen LogP contribution in [0, 0.1) is 0 Å². The highest BCUT2D eigenvalue weighted by Crippen LogP contribution is 1.85. The van der Waals surface area contributed by atoms with E-state index in [9.17, 15) is 0 Å². The van der Waals surface area contributed by atoms with Crippen LogP contribution in [0.3, 0.4) is 0 Å². The second-order valence-corrected chi connectivity index (χ2v) is 1.72. The molecule has 0 spiro atoms. The van der Waals surface area contributed by atoms with Gasteiger partial charge in [0, 0.05) is 6.21 Å². The molecular formula is C6H14N2. The minimum Gasteiger partial charge on any atom is -0.310 e. The average molecular weight is 114 g/mol. The van der Waals surface area contributed by atoms with Gasteiger partial charge in [-0.25, -0.2) is 0 Å². The Morgan fingerprint density at radius 1 is 1.62 bits per heavy atom. The molecule has 0 aliphatic heterocycles. The van der Waals surface area contributed by atoms with Gasteiger partial charge in [0.25, 0.3) is 0 Å². The van der Waals surface area contributed by atoms with Crippen LogP contribution in [0.2, 0.25) is 0 Å². The fraction of sp³-hybridized carbons (Fsp3) is 0.833. The Morgan fingerprint density at radius 3 is 2.62 bits per heavy atom. The van der Waals surface area contributed by atoms with Gasteiger partial charge < -0.3 is 5.73 Å². The molecule has 0 aliphatic rings. The quantitative estimate of drug-likeness (QED) is 0.549. The molecule has 0 aromatic rings. The summed E-state index contributed by atoms with van der Waals surface area (Å²) in [6, 6.07) is 0. The van der Waals surface area contributed by atoms with Gasteiger partial charge in [-0.2, -0.15) is 0 Å². The molecule has 0 rings (SSSR count). The predicted molar refractivity (Wildman–Crippen MR) is 37.0 cm³/mol. The fourth-order valence-corrected chi connectivity index (χ4v) is 0.346. The van der Waals surface area contributed by atoms with Crippen LogP contribution in [0.15, 0.2) is 4.99 Å². The number of nitrogens with two attached hydrogens (primary N) is 1. The van der Waals surface area contributed by atoms with Gasteiger partial charge in [-0.3, -0.25) is 4.99 Å². The Balaban J connectivity index is 3.21. The molecule has 0 bridgehead atoms. The zero-order chi connectivity index (χ0) is 6.41. The second kappa shape index (κ2) is 4.78. The summed E-state index contributed by atoms with van der Waals surface area (Å²) in [6.07, 6.45) is 3.79. The summed E-state index contributed by atoms with van der Waals surface area (Å²) in [6.45, 7) is 4.07. The maximum atomic E-state index is 5.46. The van der Waals surface area contributed by atoms with E-state index in [0.717, 1.165) is 12.8 Å². The zero-order valence-corrected chi connectivity index (χ0v) is 5.59. The zero-order valence-electron chi connectivity index (χ0n) is 5.59. The first kappa shape index (κ1) is 7.63. The molecule has 2 N–H and O–H groups in total. The minimum atomic E-state index is 0.0231. The first-order valence-corrected chi connectivity index (χ1v) is 3.08. The first-order valence-electron chi connectivity index (χ1n) is 3.08. The van der Waals surface area contributed by atoms with E-state index in [1.165, 1.54) is 0 Å². The Hall–Kier alpha value is -0.370. The van der Waals surface area contributed by atoms with E-state index in [-0.39, 0.29) is 6.17 Å². The van der Waals surface area contributed by atoms with Gasteiger partial charge in [0.1, 0.15) is 0 Å². The first-order chi connectivity index (χ1) is 3.81. The van der Waals surface area contributed by atoms with E-state index in [2.05, 4.69) is 4.99 Å². The molecule has 1 unspecified atom stereocenters. The Labute approximate surface area is 50.8 Å². The second-order valence-electron chi connectivity index (χ2n) is 1.72. The van der Waals surface area contributed by atoms with Crippen LogP contribution in [0.5, 0.6) is 0 Å². The van der Waals surface area contributed by atoms with Gasteiger partial charge in [-0.1, -0.05) is 13.8 Å². The molecule has 2 heteroatoms. The molecule has 0 aromatic carbocycles. The predicted octanol–water partition coefficient (Wildman–Crippen LogP) is 1.16. The van der Waals surface area contributed by atoms with Crippen molar-refractivity contribution in [2.45, 2.75) is 32.9 Å². The smallest absolute Gasteiger partial charge is 0.0962 e. The maximum absolute atomic E-state index is 5.46. The highest BCUT2D eigenvalue weighted by Gasteiger charge is 1.87. The van der Waals surface area contributed by atoms with Gasteiger partial charge in [0.15, 0.2) is 0 Å². The SMILES string of the molecule is CCC=NC(N)CC. The molecule has 48 valence electrons. The highest BCUT2D eigenvalue weighted by molar-refractivity contribution is 5.56. The van der Waals surface area contributed by atoms with E-state index in [4.69, 9.17) is 5.73 Å². The molecule has 0 saturated heterocycles. The van der Waals surface area contributed by atoms with Crippen LogP contribution in [-0.2, 0) is 0 Å². The van der Waals surface area contributed by atoms with Crippen molar-refractivity contribution in [1.29, 1.82) is 0 Å². The Morgan fingerprint density at radius 2 is 2.25 bits per heavy atom.